The van der Waals surface area contributed by atoms with Gasteiger partial charge in [0.2, 0.25) is 23.6 Å². The highest BCUT2D eigenvalue weighted by atomic mass is 16.5. The van der Waals surface area contributed by atoms with E-state index in [9.17, 15) is 28.8 Å². The molecule has 62 heavy (non-hydrogen) atoms. The van der Waals surface area contributed by atoms with Crippen LogP contribution < -0.4 is 19.9 Å². The Hall–Kier alpha value is -5.53. The van der Waals surface area contributed by atoms with Gasteiger partial charge in [-0.2, -0.15) is 5.10 Å². The molecule has 1 unspecified atom stereocenters. The Kier molecular flexibility index (Phi) is 9.56. The van der Waals surface area contributed by atoms with Crippen LogP contribution in [-0.2, 0) is 25.6 Å². The van der Waals surface area contributed by atoms with Gasteiger partial charge in [-0.1, -0.05) is 0 Å². The van der Waals surface area contributed by atoms with Crippen molar-refractivity contribution in [3.05, 3.63) is 59.4 Å². The van der Waals surface area contributed by atoms with E-state index in [1.165, 1.54) is 6.42 Å². The summed E-state index contributed by atoms with van der Waals surface area (Å²) in [6.07, 6.45) is 17.0. The SMILES string of the molecule is C[C@H]1CCc2c(ccc(-c3cnn(C4CCN(C(=O)C5CC6(CCN(c7ccc8c(c7)C(=O)N(C7CCC(=O)NC7=O)C8=O)CC6)C5)CC4)c3)c2OC2CCC2)N1C(=O)C1CC1. The number of amides is 6. The number of likely N-dealkylation sites (tertiary alicyclic amines) is 1. The molecule has 11 rings (SSSR count). The molecule has 3 saturated carbocycles. The summed E-state index contributed by atoms with van der Waals surface area (Å²) >= 11 is 0. The molecule has 324 valence electrons. The number of anilines is 2. The molecule has 1 spiro atoms. The van der Waals surface area contributed by atoms with Gasteiger partial charge in [0.15, 0.2) is 0 Å². The Labute approximate surface area is 361 Å². The number of imide groups is 2. The monoisotopic (exact) mass is 841 g/mol. The Morgan fingerprint density at radius 1 is 0.790 bits per heavy atom. The number of rotatable bonds is 8. The first-order chi connectivity index (χ1) is 30.0. The lowest BCUT2D eigenvalue weighted by molar-refractivity contribution is -0.146. The van der Waals surface area contributed by atoms with Crippen molar-refractivity contribution < 1.29 is 33.5 Å². The Morgan fingerprint density at radius 3 is 2.24 bits per heavy atom. The maximum atomic E-state index is 13.8. The zero-order valence-electron chi connectivity index (χ0n) is 35.5. The molecule has 1 aromatic heterocycles. The third-order valence-corrected chi connectivity index (χ3v) is 15.6. The molecule has 14 heteroatoms. The topological polar surface area (TPSA) is 154 Å². The third kappa shape index (κ3) is 6.70. The van der Waals surface area contributed by atoms with Crippen LogP contribution in [0, 0.1) is 17.3 Å². The molecule has 6 fully saturated rings. The average molecular weight is 842 g/mol. The second-order valence-corrected chi connectivity index (χ2v) is 19.5. The average Bonchev–Trinajstić information content (AvgIpc) is 3.94. The second kappa shape index (κ2) is 15.1. The standard InChI is InChI=1S/C48H55N7O7/c1-28-5-9-37-39(54(28)45(59)29-6-7-29)12-11-35(42(37)62-34-3-2-4-34)31-26-49-53(27-31)32-15-19-52(20-16-32)44(58)30-24-48(25-30)17-21-51(22-18-48)33-8-10-36-38(23-33)47(61)55(46(36)60)40-13-14-41(56)50-43(40)57/h8,10-12,23,26-30,32,34,40H,2-7,9,13-22,24-25H2,1H3,(H,50,56,57)/t28-,40?/m0/s1. The Bertz CT molecular complexity index is 2380. The van der Waals surface area contributed by atoms with Crippen LogP contribution in [0.4, 0.5) is 11.4 Å². The molecular weight excluding hydrogens is 787 g/mol. The first-order valence-electron chi connectivity index (χ1n) is 23.1. The summed E-state index contributed by atoms with van der Waals surface area (Å²) in [7, 11) is 0. The molecule has 1 N–H and O–H groups in total. The predicted octanol–water partition coefficient (Wildman–Crippen LogP) is 5.82. The van der Waals surface area contributed by atoms with Gasteiger partial charge in [0.1, 0.15) is 11.8 Å². The lowest BCUT2D eigenvalue weighted by Crippen LogP contribution is -2.54. The number of carbonyl (C=O) groups excluding carboxylic acids is 6. The number of fused-ring (bicyclic) bond motifs is 2. The van der Waals surface area contributed by atoms with Gasteiger partial charge in [0.25, 0.3) is 11.8 Å². The van der Waals surface area contributed by atoms with Crippen LogP contribution in [0.5, 0.6) is 5.75 Å². The van der Waals surface area contributed by atoms with Gasteiger partial charge in [-0.25, -0.2) is 0 Å². The second-order valence-electron chi connectivity index (χ2n) is 19.5. The number of aromatic nitrogens is 2. The maximum Gasteiger partial charge on any atom is 0.262 e. The quantitative estimate of drug-likeness (QED) is 0.277. The van der Waals surface area contributed by atoms with Gasteiger partial charge >= 0.3 is 0 Å². The largest absolute Gasteiger partial charge is 0.489 e. The number of benzene rings is 2. The summed E-state index contributed by atoms with van der Waals surface area (Å²) in [5, 5.41) is 7.12. The van der Waals surface area contributed by atoms with Crippen LogP contribution in [0.3, 0.4) is 0 Å². The van der Waals surface area contributed by atoms with Crippen molar-refractivity contribution in [3.8, 4) is 16.9 Å². The van der Waals surface area contributed by atoms with Crippen LogP contribution in [-0.4, -0.2) is 99.4 Å². The highest BCUT2D eigenvalue weighted by Crippen LogP contribution is 2.54. The molecule has 2 atom stereocenters. The number of carbonyl (C=O) groups is 6. The fourth-order valence-electron chi connectivity index (χ4n) is 11.4. The van der Waals surface area contributed by atoms with E-state index in [0.29, 0.717) is 18.7 Å². The number of nitrogens with zero attached hydrogens (tertiary/aromatic N) is 6. The molecule has 6 amide bonds. The third-order valence-electron chi connectivity index (χ3n) is 15.6. The van der Waals surface area contributed by atoms with Crippen molar-refractivity contribution in [2.75, 3.05) is 36.0 Å². The minimum Gasteiger partial charge on any atom is -0.489 e. The molecule has 6 heterocycles. The van der Waals surface area contributed by atoms with E-state index in [1.54, 1.807) is 12.1 Å². The van der Waals surface area contributed by atoms with Crippen molar-refractivity contribution in [3.63, 3.8) is 0 Å². The van der Waals surface area contributed by atoms with Crippen molar-refractivity contribution in [2.45, 2.75) is 127 Å². The van der Waals surface area contributed by atoms with Crippen LogP contribution in [0.1, 0.15) is 129 Å². The molecule has 3 aliphatic carbocycles. The minimum atomic E-state index is -0.983. The van der Waals surface area contributed by atoms with E-state index in [4.69, 9.17) is 9.84 Å². The van der Waals surface area contributed by atoms with E-state index in [0.717, 1.165) is 129 Å². The summed E-state index contributed by atoms with van der Waals surface area (Å²) in [5.74, 6) is -0.330. The van der Waals surface area contributed by atoms with Gasteiger partial charge in [0.05, 0.1) is 35.2 Å². The summed E-state index contributed by atoms with van der Waals surface area (Å²) < 4.78 is 8.85. The molecule has 2 aromatic carbocycles. The number of piperidine rings is 3. The van der Waals surface area contributed by atoms with E-state index in [1.807, 2.05) is 17.2 Å². The smallest absolute Gasteiger partial charge is 0.262 e. The molecule has 0 radical (unpaired) electrons. The highest BCUT2D eigenvalue weighted by molar-refractivity contribution is 6.23. The summed E-state index contributed by atoms with van der Waals surface area (Å²) in [5.41, 5.74) is 5.85. The van der Waals surface area contributed by atoms with E-state index in [-0.39, 0.29) is 65.7 Å². The number of ether oxygens (including phenoxy) is 1. The van der Waals surface area contributed by atoms with Gasteiger partial charge in [-0.3, -0.25) is 43.7 Å². The van der Waals surface area contributed by atoms with Crippen molar-refractivity contribution in [1.29, 1.82) is 0 Å². The highest BCUT2D eigenvalue weighted by Gasteiger charge is 2.50. The van der Waals surface area contributed by atoms with Crippen molar-refractivity contribution in [2.24, 2.45) is 17.3 Å². The van der Waals surface area contributed by atoms with Crippen LogP contribution in [0.25, 0.3) is 11.1 Å². The number of hydrogen-bond donors (Lipinski definition) is 1. The van der Waals surface area contributed by atoms with Crippen LogP contribution in [0.2, 0.25) is 0 Å². The van der Waals surface area contributed by atoms with Gasteiger partial charge in [-0.15, -0.1) is 0 Å². The lowest BCUT2D eigenvalue weighted by atomic mass is 9.57. The molecule has 3 saturated heterocycles. The van der Waals surface area contributed by atoms with Crippen molar-refractivity contribution >= 4 is 46.8 Å². The normalized spacial score (nSPS) is 25.4. The van der Waals surface area contributed by atoms with Crippen molar-refractivity contribution in [1.82, 2.24) is 24.9 Å². The Balaban J connectivity index is 0.692. The Morgan fingerprint density at radius 2 is 1.53 bits per heavy atom. The fraction of sp³-hybridized carbons (Fsp3) is 0.562. The van der Waals surface area contributed by atoms with Gasteiger partial charge in [-0.05, 0) is 133 Å². The van der Waals surface area contributed by atoms with Crippen LogP contribution in [0.15, 0.2) is 42.7 Å². The summed E-state index contributed by atoms with van der Waals surface area (Å²) in [6, 6.07) is 8.99. The van der Waals surface area contributed by atoms with E-state index < -0.39 is 29.7 Å². The fourth-order valence-corrected chi connectivity index (χ4v) is 11.4. The van der Waals surface area contributed by atoms with Crippen LogP contribution >= 0.6 is 0 Å². The van der Waals surface area contributed by atoms with E-state index in [2.05, 4.69) is 45.1 Å². The molecule has 8 aliphatic rings. The molecule has 0 bridgehead atoms. The first-order valence-corrected chi connectivity index (χ1v) is 23.1. The summed E-state index contributed by atoms with van der Waals surface area (Å²) in [4.78, 5) is 85.4. The zero-order valence-corrected chi connectivity index (χ0v) is 35.5. The number of nitrogens with one attached hydrogen (secondary N) is 1. The molecule has 14 nitrogen and oxygen atoms in total. The molecular formula is C48H55N7O7. The zero-order chi connectivity index (χ0) is 42.4. The lowest BCUT2D eigenvalue weighted by Gasteiger charge is -2.53. The maximum absolute atomic E-state index is 13.8. The minimum absolute atomic E-state index is 0.0490. The van der Waals surface area contributed by atoms with Gasteiger partial charge < -0.3 is 19.4 Å². The molecule has 3 aromatic rings. The number of hydrogen-bond acceptors (Lipinski definition) is 9. The molecule has 5 aliphatic heterocycles. The predicted molar refractivity (Wildman–Crippen MR) is 228 cm³/mol. The first kappa shape index (κ1) is 39.3. The van der Waals surface area contributed by atoms with Gasteiger partial charge in [0, 0.05) is 79.1 Å². The summed E-state index contributed by atoms with van der Waals surface area (Å²) in [6.45, 7) is 5.20. The van der Waals surface area contributed by atoms with E-state index >= 15 is 0 Å².